The number of nitrogens with zero attached hydrogens (tertiary/aromatic N) is 2. The Morgan fingerprint density at radius 1 is 1.13 bits per heavy atom. The number of rotatable bonds is 11. The van der Waals surface area contributed by atoms with Crippen LogP contribution in [0.2, 0.25) is 0 Å². The number of hydrogen-bond donors (Lipinski definition) is 2. The van der Waals surface area contributed by atoms with Crippen LogP contribution in [0.3, 0.4) is 0 Å². The predicted octanol–water partition coefficient (Wildman–Crippen LogP) is 2.21. The Morgan fingerprint density at radius 2 is 1.87 bits per heavy atom. The average molecular weight is 431 g/mol. The molecule has 0 aliphatic carbocycles. The molecule has 2 amide bonds. The number of nitrogens with one attached hydrogen (secondary N) is 2. The molecule has 1 aromatic heterocycles. The topological polar surface area (TPSA) is 112 Å². The smallest absolute Gasteiger partial charge is 0.407 e. The van der Waals surface area contributed by atoms with E-state index in [-0.39, 0.29) is 43.6 Å². The van der Waals surface area contributed by atoms with Crippen LogP contribution in [-0.4, -0.2) is 47.6 Å². The molecule has 0 radical (unpaired) electrons. The molecule has 9 heteroatoms. The molecule has 1 aromatic carbocycles. The maximum Gasteiger partial charge on any atom is 0.407 e. The molecule has 2 rings (SSSR count). The van der Waals surface area contributed by atoms with Gasteiger partial charge in [0.2, 0.25) is 0 Å². The average Bonchev–Trinajstić information content (AvgIpc) is 2.73. The number of carbonyl (C=O) groups is 2. The Balaban J connectivity index is 1.94. The molecular weight excluding hydrogens is 400 g/mol. The second-order valence-electron chi connectivity index (χ2n) is 7.34. The lowest BCUT2D eigenvalue weighted by molar-refractivity contribution is 0.0936. The minimum absolute atomic E-state index is 0.110. The maximum absolute atomic E-state index is 12.5. The fourth-order valence-electron chi connectivity index (χ4n) is 2.91. The Morgan fingerprint density at radius 3 is 2.55 bits per heavy atom. The number of alkyl carbamates (subject to hydrolysis) is 1. The highest BCUT2D eigenvalue weighted by Crippen LogP contribution is 2.08. The summed E-state index contributed by atoms with van der Waals surface area (Å²) in [5, 5.41) is 9.65. The third kappa shape index (κ3) is 8.49. The van der Waals surface area contributed by atoms with E-state index in [4.69, 9.17) is 9.47 Å². The Hall–Kier alpha value is -3.36. The highest BCUT2D eigenvalue weighted by atomic mass is 16.5. The summed E-state index contributed by atoms with van der Waals surface area (Å²) < 4.78 is 11.7. The van der Waals surface area contributed by atoms with Gasteiger partial charge in [-0.05, 0) is 37.5 Å². The summed E-state index contributed by atoms with van der Waals surface area (Å²) in [6.45, 7) is 6.70. The first-order chi connectivity index (χ1) is 14.9. The van der Waals surface area contributed by atoms with Gasteiger partial charge in [-0.15, -0.1) is 0 Å². The zero-order chi connectivity index (χ0) is 22.6. The molecule has 31 heavy (non-hydrogen) atoms. The van der Waals surface area contributed by atoms with Crippen molar-refractivity contribution < 1.29 is 19.1 Å². The second-order valence-corrected chi connectivity index (χ2v) is 7.34. The second kappa shape index (κ2) is 12.4. The van der Waals surface area contributed by atoms with E-state index >= 15 is 0 Å². The summed E-state index contributed by atoms with van der Waals surface area (Å²) in [6, 6.07) is 11.6. The minimum atomic E-state index is -0.521. The van der Waals surface area contributed by atoms with Crippen molar-refractivity contribution in [1.82, 2.24) is 20.4 Å². The number of ether oxygens (including phenoxy) is 2. The maximum atomic E-state index is 12.5. The largest absolute Gasteiger partial charge is 0.492 e. The summed E-state index contributed by atoms with van der Waals surface area (Å²) in [6.07, 6.45) is 0.149. The van der Waals surface area contributed by atoms with Crippen molar-refractivity contribution in [3.63, 3.8) is 0 Å². The molecule has 168 valence electrons. The molecule has 0 saturated heterocycles. The van der Waals surface area contributed by atoms with E-state index in [2.05, 4.69) is 15.7 Å². The van der Waals surface area contributed by atoms with Crippen LogP contribution in [0.25, 0.3) is 0 Å². The van der Waals surface area contributed by atoms with E-state index in [1.54, 1.807) is 6.92 Å². The van der Waals surface area contributed by atoms with Crippen LogP contribution in [0.15, 0.2) is 47.3 Å². The van der Waals surface area contributed by atoms with Gasteiger partial charge in [-0.1, -0.05) is 32.0 Å². The van der Waals surface area contributed by atoms with Crippen LogP contribution in [0.1, 0.15) is 37.7 Å². The van der Waals surface area contributed by atoms with Crippen molar-refractivity contribution in [2.75, 3.05) is 19.8 Å². The van der Waals surface area contributed by atoms with Gasteiger partial charge in [0.15, 0.2) is 0 Å². The fourth-order valence-corrected chi connectivity index (χ4v) is 2.91. The van der Waals surface area contributed by atoms with Crippen LogP contribution in [0.4, 0.5) is 4.79 Å². The van der Waals surface area contributed by atoms with Crippen LogP contribution in [0, 0.1) is 5.92 Å². The molecule has 0 aliphatic rings. The SMILES string of the molecule is CCOC(=O)N[C@@H](CNC(=O)c1ccc(=O)n(CCOc2ccccc2)n1)CC(C)C. The van der Waals surface area contributed by atoms with E-state index in [1.807, 2.05) is 44.2 Å². The summed E-state index contributed by atoms with van der Waals surface area (Å²) >= 11 is 0. The Labute approximate surface area is 181 Å². The summed E-state index contributed by atoms with van der Waals surface area (Å²) in [7, 11) is 0. The Bertz CT molecular complexity index is 898. The molecule has 0 unspecified atom stereocenters. The first-order valence-electron chi connectivity index (χ1n) is 10.4. The monoisotopic (exact) mass is 430 g/mol. The predicted molar refractivity (Wildman–Crippen MR) is 116 cm³/mol. The summed E-state index contributed by atoms with van der Waals surface area (Å²) in [4.78, 5) is 36.3. The summed E-state index contributed by atoms with van der Waals surface area (Å²) in [5.41, 5.74) is -0.214. The van der Waals surface area contributed by atoms with E-state index in [1.165, 1.54) is 16.8 Å². The lowest BCUT2D eigenvalue weighted by Crippen LogP contribution is -2.45. The van der Waals surface area contributed by atoms with Crippen molar-refractivity contribution in [3.8, 4) is 5.75 Å². The standard InChI is InChI=1S/C22H30N4O5/c1-4-30-22(29)24-17(14-16(2)3)15-23-21(28)19-10-11-20(27)26(25-19)12-13-31-18-8-6-5-7-9-18/h5-11,16-17H,4,12-15H2,1-3H3,(H,23,28)(H,24,29)/t17-/m1/s1. The van der Waals surface area contributed by atoms with Crippen molar-refractivity contribution in [3.05, 3.63) is 58.5 Å². The quantitative estimate of drug-likeness (QED) is 0.565. The van der Waals surface area contributed by atoms with E-state index in [0.717, 1.165) is 0 Å². The molecular formula is C22H30N4O5. The third-order valence-electron chi connectivity index (χ3n) is 4.28. The van der Waals surface area contributed by atoms with Crippen LogP contribution < -0.4 is 20.9 Å². The molecule has 2 aromatic rings. The van der Waals surface area contributed by atoms with Crippen molar-refractivity contribution in [2.24, 2.45) is 5.92 Å². The van der Waals surface area contributed by atoms with Crippen molar-refractivity contribution in [1.29, 1.82) is 0 Å². The number of carbonyl (C=O) groups excluding carboxylic acids is 2. The molecule has 1 atom stereocenters. The highest BCUT2D eigenvalue weighted by Gasteiger charge is 2.17. The van der Waals surface area contributed by atoms with Gasteiger partial charge in [0.25, 0.3) is 11.5 Å². The number of para-hydroxylation sites is 1. The minimum Gasteiger partial charge on any atom is -0.492 e. The lowest BCUT2D eigenvalue weighted by atomic mass is 10.0. The van der Waals surface area contributed by atoms with Crippen LogP contribution in [0.5, 0.6) is 5.75 Å². The molecule has 0 spiro atoms. The van der Waals surface area contributed by atoms with Crippen molar-refractivity contribution in [2.45, 2.75) is 39.8 Å². The van der Waals surface area contributed by atoms with Gasteiger partial charge in [0.05, 0.1) is 13.2 Å². The van der Waals surface area contributed by atoms with Crippen molar-refractivity contribution >= 4 is 12.0 Å². The highest BCUT2D eigenvalue weighted by molar-refractivity contribution is 5.92. The van der Waals surface area contributed by atoms with Gasteiger partial charge in [-0.3, -0.25) is 9.59 Å². The van der Waals surface area contributed by atoms with Gasteiger partial charge in [0, 0.05) is 18.7 Å². The van der Waals surface area contributed by atoms with E-state index < -0.39 is 12.0 Å². The number of amides is 2. The molecule has 0 saturated carbocycles. The Kier molecular flexibility index (Phi) is 9.54. The van der Waals surface area contributed by atoms with Gasteiger partial charge < -0.3 is 20.1 Å². The van der Waals surface area contributed by atoms with Gasteiger partial charge >= 0.3 is 6.09 Å². The molecule has 0 bridgehead atoms. The zero-order valence-electron chi connectivity index (χ0n) is 18.2. The number of hydrogen-bond acceptors (Lipinski definition) is 6. The molecule has 1 heterocycles. The molecule has 0 aliphatic heterocycles. The lowest BCUT2D eigenvalue weighted by Gasteiger charge is -2.20. The van der Waals surface area contributed by atoms with Gasteiger partial charge in [-0.25, -0.2) is 9.48 Å². The zero-order valence-corrected chi connectivity index (χ0v) is 18.2. The van der Waals surface area contributed by atoms with E-state index in [0.29, 0.717) is 18.1 Å². The number of aromatic nitrogens is 2. The van der Waals surface area contributed by atoms with Gasteiger partial charge in [0.1, 0.15) is 18.1 Å². The van der Waals surface area contributed by atoms with E-state index in [9.17, 15) is 14.4 Å². The van der Waals surface area contributed by atoms with Crippen LogP contribution in [-0.2, 0) is 11.3 Å². The third-order valence-corrected chi connectivity index (χ3v) is 4.28. The first-order valence-corrected chi connectivity index (χ1v) is 10.4. The molecule has 0 fully saturated rings. The normalized spacial score (nSPS) is 11.6. The van der Waals surface area contributed by atoms with Gasteiger partial charge in [-0.2, -0.15) is 5.10 Å². The number of benzene rings is 1. The first kappa shape index (κ1) is 23.9. The molecule has 9 nitrogen and oxygen atoms in total. The fraction of sp³-hybridized carbons (Fsp3) is 0.455. The molecule has 2 N–H and O–H groups in total. The van der Waals surface area contributed by atoms with Crippen LogP contribution >= 0.6 is 0 Å². The summed E-state index contributed by atoms with van der Waals surface area (Å²) in [5.74, 6) is 0.570.